The Hall–Kier alpha value is -1.66. The highest BCUT2D eigenvalue weighted by Gasteiger charge is 2.19. The minimum atomic E-state index is -3.39. The van der Waals surface area contributed by atoms with Crippen LogP contribution in [0.1, 0.15) is 36.3 Å². The number of rotatable bonds is 5. The Morgan fingerprint density at radius 3 is 2.43 bits per heavy atom. The maximum atomic E-state index is 12.5. The number of nitrogens with zero attached hydrogens (tertiary/aromatic N) is 2. The summed E-state index contributed by atoms with van der Waals surface area (Å²) in [6, 6.07) is 7.22. The van der Waals surface area contributed by atoms with Crippen LogP contribution in [0.4, 0.5) is 0 Å². The first kappa shape index (κ1) is 16.2. The van der Waals surface area contributed by atoms with Crippen LogP contribution in [0.15, 0.2) is 40.0 Å². The smallest absolute Gasteiger partial charge is 0.184 e. The fourth-order valence-corrected chi connectivity index (χ4v) is 4.26. The van der Waals surface area contributed by atoms with E-state index in [1.54, 1.807) is 19.1 Å². The molecule has 1 aliphatic rings. The molecular weight excluding hydrogens is 312 g/mol. The Kier molecular flexibility index (Phi) is 4.82. The van der Waals surface area contributed by atoms with E-state index < -0.39 is 9.84 Å². The number of aromatic nitrogens is 1. The highest BCUT2D eigenvalue weighted by molar-refractivity contribution is 7.90. The van der Waals surface area contributed by atoms with Crippen molar-refractivity contribution in [1.82, 2.24) is 9.88 Å². The molecule has 6 heteroatoms. The Labute approximate surface area is 137 Å². The van der Waals surface area contributed by atoms with Gasteiger partial charge in [-0.25, -0.2) is 13.4 Å². The standard InChI is InChI=1S/C17H22N2O3S/c1-14-17(18-13-22-14)12-23(20,21)16-7-5-15(6-8-16)11-19-9-3-2-4-10-19/h5-8,13H,2-4,9-12H2,1H3. The molecule has 1 aromatic carbocycles. The average molecular weight is 334 g/mol. The van der Waals surface area contributed by atoms with E-state index in [2.05, 4.69) is 9.88 Å². The summed E-state index contributed by atoms with van der Waals surface area (Å²) in [5.74, 6) is 0.427. The summed E-state index contributed by atoms with van der Waals surface area (Å²) in [5, 5.41) is 0. The Balaban J connectivity index is 1.69. The van der Waals surface area contributed by atoms with Gasteiger partial charge in [0.1, 0.15) is 11.5 Å². The van der Waals surface area contributed by atoms with Crippen LogP contribution in [0, 0.1) is 6.92 Å². The lowest BCUT2D eigenvalue weighted by atomic mass is 10.1. The van der Waals surface area contributed by atoms with Crippen molar-refractivity contribution in [2.24, 2.45) is 0 Å². The fourth-order valence-electron chi connectivity index (χ4n) is 2.91. The molecule has 2 aromatic rings. The van der Waals surface area contributed by atoms with E-state index in [-0.39, 0.29) is 5.75 Å². The fraction of sp³-hybridized carbons (Fsp3) is 0.471. The molecule has 3 rings (SSSR count). The quantitative estimate of drug-likeness (QED) is 0.841. The number of sulfone groups is 1. The van der Waals surface area contributed by atoms with Gasteiger partial charge in [-0.15, -0.1) is 0 Å². The third-order valence-corrected chi connectivity index (χ3v) is 5.95. The zero-order valence-electron chi connectivity index (χ0n) is 13.4. The molecule has 5 nitrogen and oxygen atoms in total. The van der Waals surface area contributed by atoms with Crippen LogP contribution >= 0.6 is 0 Å². The van der Waals surface area contributed by atoms with Gasteiger partial charge in [-0.2, -0.15) is 0 Å². The van der Waals surface area contributed by atoms with E-state index in [0.717, 1.165) is 25.2 Å². The van der Waals surface area contributed by atoms with Crippen LogP contribution in [-0.2, 0) is 22.1 Å². The lowest BCUT2D eigenvalue weighted by Crippen LogP contribution is -2.29. The maximum Gasteiger partial charge on any atom is 0.184 e. The molecule has 1 aromatic heterocycles. The highest BCUT2D eigenvalue weighted by atomic mass is 32.2. The summed E-state index contributed by atoms with van der Waals surface area (Å²) in [5.41, 5.74) is 1.63. The molecule has 0 N–H and O–H groups in total. The van der Waals surface area contributed by atoms with Crippen LogP contribution in [0.3, 0.4) is 0 Å². The summed E-state index contributed by atoms with van der Waals surface area (Å²) in [6.45, 7) is 4.87. The molecular formula is C17H22N2O3S. The monoisotopic (exact) mass is 334 g/mol. The Bertz CT molecular complexity index is 744. The number of aryl methyl sites for hydroxylation is 1. The molecule has 0 aliphatic carbocycles. The van der Waals surface area contributed by atoms with Crippen molar-refractivity contribution in [3.05, 3.63) is 47.7 Å². The second-order valence-electron chi connectivity index (χ2n) is 6.10. The van der Waals surface area contributed by atoms with Gasteiger partial charge in [-0.3, -0.25) is 4.90 Å². The van der Waals surface area contributed by atoms with Gasteiger partial charge in [0.25, 0.3) is 0 Å². The van der Waals surface area contributed by atoms with Gasteiger partial charge in [0.05, 0.1) is 10.6 Å². The second-order valence-corrected chi connectivity index (χ2v) is 8.08. The van der Waals surface area contributed by atoms with E-state index >= 15 is 0 Å². The average Bonchev–Trinajstić information content (AvgIpc) is 2.93. The van der Waals surface area contributed by atoms with Gasteiger partial charge in [0.2, 0.25) is 0 Å². The van der Waals surface area contributed by atoms with E-state index in [9.17, 15) is 8.42 Å². The van der Waals surface area contributed by atoms with Gasteiger partial charge in [0, 0.05) is 6.54 Å². The highest BCUT2D eigenvalue weighted by Crippen LogP contribution is 2.19. The van der Waals surface area contributed by atoms with Crippen molar-refractivity contribution in [3.63, 3.8) is 0 Å². The SMILES string of the molecule is Cc1ocnc1CS(=O)(=O)c1ccc(CN2CCCCC2)cc1. The molecule has 1 aliphatic heterocycles. The van der Waals surface area contributed by atoms with Gasteiger partial charge < -0.3 is 4.42 Å². The first-order valence-corrected chi connectivity index (χ1v) is 9.63. The number of oxazole rings is 1. The molecule has 2 heterocycles. The minimum Gasteiger partial charge on any atom is -0.448 e. The number of likely N-dealkylation sites (tertiary alicyclic amines) is 1. The molecule has 0 radical (unpaired) electrons. The van der Waals surface area contributed by atoms with Gasteiger partial charge >= 0.3 is 0 Å². The summed E-state index contributed by atoms with van der Waals surface area (Å²) in [6.07, 6.45) is 5.10. The topological polar surface area (TPSA) is 63.4 Å². The summed E-state index contributed by atoms with van der Waals surface area (Å²) >= 11 is 0. The Morgan fingerprint density at radius 1 is 1.13 bits per heavy atom. The lowest BCUT2D eigenvalue weighted by Gasteiger charge is -2.26. The Morgan fingerprint density at radius 2 is 1.83 bits per heavy atom. The normalized spacial score (nSPS) is 16.6. The molecule has 0 spiro atoms. The zero-order chi connectivity index (χ0) is 16.3. The molecule has 124 valence electrons. The lowest BCUT2D eigenvalue weighted by molar-refractivity contribution is 0.221. The molecule has 0 unspecified atom stereocenters. The van der Waals surface area contributed by atoms with Gasteiger partial charge in [-0.1, -0.05) is 18.6 Å². The number of hydrogen-bond acceptors (Lipinski definition) is 5. The predicted molar refractivity (Wildman–Crippen MR) is 87.7 cm³/mol. The molecule has 0 amide bonds. The molecule has 23 heavy (non-hydrogen) atoms. The van der Waals surface area contributed by atoms with E-state index in [1.807, 2.05) is 12.1 Å². The van der Waals surface area contributed by atoms with Gasteiger partial charge in [0.15, 0.2) is 16.2 Å². The first-order valence-electron chi connectivity index (χ1n) is 7.97. The van der Waals surface area contributed by atoms with Crippen molar-refractivity contribution in [1.29, 1.82) is 0 Å². The van der Waals surface area contributed by atoms with E-state index in [1.165, 1.54) is 25.7 Å². The number of benzene rings is 1. The third kappa shape index (κ3) is 4.00. The zero-order valence-corrected chi connectivity index (χ0v) is 14.2. The van der Waals surface area contributed by atoms with Crippen molar-refractivity contribution in [3.8, 4) is 0 Å². The van der Waals surface area contributed by atoms with E-state index in [4.69, 9.17) is 4.42 Å². The molecule has 0 atom stereocenters. The molecule has 1 saturated heterocycles. The van der Waals surface area contributed by atoms with Crippen LogP contribution < -0.4 is 0 Å². The van der Waals surface area contributed by atoms with Crippen molar-refractivity contribution < 1.29 is 12.8 Å². The molecule has 0 saturated carbocycles. The van der Waals surface area contributed by atoms with Crippen molar-refractivity contribution in [2.75, 3.05) is 13.1 Å². The number of hydrogen-bond donors (Lipinski definition) is 0. The number of piperidine rings is 1. The summed E-state index contributed by atoms with van der Waals surface area (Å²) in [7, 11) is -3.39. The summed E-state index contributed by atoms with van der Waals surface area (Å²) < 4.78 is 30.0. The summed E-state index contributed by atoms with van der Waals surface area (Å²) in [4.78, 5) is 6.73. The third-order valence-electron chi connectivity index (χ3n) is 4.31. The second kappa shape index (κ2) is 6.84. The minimum absolute atomic E-state index is 0.124. The van der Waals surface area contributed by atoms with Crippen LogP contribution in [0.5, 0.6) is 0 Å². The van der Waals surface area contributed by atoms with Crippen molar-refractivity contribution in [2.45, 2.75) is 43.4 Å². The van der Waals surface area contributed by atoms with E-state index in [0.29, 0.717) is 16.3 Å². The predicted octanol–water partition coefficient (Wildman–Crippen LogP) is 2.94. The van der Waals surface area contributed by atoms with Crippen LogP contribution in [0.2, 0.25) is 0 Å². The van der Waals surface area contributed by atoms with Crippen LogP contribution in [-0.4, -0.2) is 31.4 Å². The van der Waals surface area contributed by atoms with Crippen molar-refractivity contribution >= 4 is 9.84 Å². The largest absolute Gasteiger partial charge is 0.448 e. The maximum absolute atomic E-state index is 12.5. The molecule has 0 bridgehead atoms. The molecule has 1 fully saturated rings. The van der Waals surface area contributed by atoms with Crippen LogP contribution in [0.25, 0.3) is 0 Å². The van der Waals surface area contributed by atoms with Gasteiger partial charge in [-0.05, 0) is 50.6 Å². The first-order chi connectivity index (χ1) is 11.0.